The lowest BCUT2D eigenvalue weighted by molar-refractivity contribution is 0.0548. The molecule has 1 aliphatic rings. The largest absolute Gasteiger partial charge is 0.378 e. The molecule has 0 aliphatic carbocycles. The van der Waals surface area contributed by atoms with Crippen molar-refractivity contribution in [3.05, 3.63) is 71.3 Å². The Morgan fingerprint density at radius 3 is 2.44 bits per heavy atom. The van der Waals surface area contributed by atoms with Crippen LogP contribution in [0.4, 0.5) is 10.5 Å². The molecule has 0 atom stereocenters. The lowest BCUT2D eigenvalue weighted by Crippen LogP contribution is -2.48. The second kappa shape index (κ2) is 12.3. The van der Waals surface area contributed by atoms with E-state index in [1.807, 2.05) is 43.4 Å². The Morgan fingerprint density at radius 2 is 1.79 bits per heavy atom. The van der Waals surface area contributed by atoms with Gasteiger partial charge in [-0.3, -0.25) is 25.3 Å². The van der Waals surface area contributed by atoms with Crippen LogP contribution in [0.5, 0.6) is 0 Å². The highest BCUT2D eigenvalue weighted by Gasteiger charge is 2.25. The maximum Gasteiger partial charge on any atom is 0.324 e. The van der Waals surface area contributed by atoms with Crippen molar-refractivity contribution in [2.45, 2.75) is 13.5 Å². The molecule has 9 nitrogen and oxygen atoms in total. The van der Waals surface area contributed by atoms with Crippen LogP contribution >= 0.6 is 0 Å². The zero-order valence-electron chi connectivity index (χ0n) is 20.0. The number of rotatable bonds is 8. The van der Waals surface area contributed by atoms with Gasteiger partial charge < -0.3 is 9.64 Å². The van der Waals surface area contributed by atoms with E-state index < -0.39 is 5.91 Å². The average molecular weight is 468 g/mol. The fourth-order valence-corrected chi connectivity index (χ4v) is 3.62. The Balaban J connectivity index is 1.87. The molecule has 0 bridgehead atoms. The number of benzene rings is 2. The number of hydrazine groups is 1. The van der Waals surface area contributed by atoms with Gasteiger partial charge in [-0.25, -0.2) is 10.3 Å². The van der Waals surface area contributed by atoms with E-state index in [1.165, 1.54) is 0 Å². The van der Waals surface area contributed by atoms with Crippen LogP contribution in [0.15, 0.2) is 54.6 Å². The minimum atomic E-state index is -0.577. The Kier molecular flexibility index (Phi) is 9.17. The van der Waals surface area contributed by atoms with Crippen LogP contribution in [0.2, 0.25) is 0 Å². The van der Waals surface area contributed by atoms with E-state index in [2.05, 4.69) is 18.4 Å². The van der Waals surface area contributed by atoms with Crippen LogP contribution in [0.25, 0.3) is 5.57 Å². The molecule has 0 spiro atoms. The first-order valence-electron chi connectivity index (χ1n) is 11.2. The number of allylic oxidation sites excluding steroid dienone is 1. The number of anilines is 1. The number of carbonyl (C=O) groups excluding carboxylic acids is 2. The van der Waals surface area contributed by atoms with Crippen molar-refractivity contribution >= 4 is 23.2 Å². The van der Waals surface area contributed by atoms with E-state index in [-0.39, 0.29) is 6.03 Å². The molecule has 1 heterocycles. The van der Waals surface area contributed by atoms with E-state index in [4.69, 9.17) is 9.94 Å². The molecule has 0 aromatic heterocycles. The third kappa shape index (κ3) is 6.88. The van der Waals surface area contributed by atoms with Crippen LogP contribution < -0.4 is 15.8 Å². The molecule has 34 heavy (non-hydrogen) atoms. The molecule has 3 amide bonds. The van der Waals surface area contributed by atoms with E-state index >= 15 is 0 Å². The van der Waals surface area contributed by atoms with Crippen LogP contribution in [0.1, 0.15) is 28.4 Å². The van der Waals surface area contributed by atoms with E-state index in [0.717, 1.165) is 22.4 Å². The molecule has 0 unspecified atom stereocenters. The summed E-state index contributed by atoms with van der Waals surface area (Å²) in [4.78, 5) is 28.7. The first-order valence-corrected chi connectivity index (χ1v) is 11.2. The molecule has 2 aromatic carbocycles. The summed E-state index contributed by atoms with van der Waals surface area (Å²) in [5, 5.41) is 10.7. The molecule has 2 aromatic rings. The van der Waals surface area contributed by atoms with Gasteiger partial charge in [-0.1, -0.05) is 30.3 Å². The van der Waals surface area contributed by atoms with Gasteiger partial charge in [0.05, 0.1) is 19.8 Å². The van der Waals surface area contributed by atoms with Gasteiger partial charge in [0.1, 0.15) is 0 Å². The zero-order chi connectivity index (χ0) is 24.5. The average Bonchev–Trinajstić information content (AvgIpc) is 2.87. The smallest absolute Gasteiger partial charge is 0.324 e. The first-order chi connectivity index (χ1) is 16.4. The van der Waals surface area contributed by atoms with Crippen LogP contribution in [0, 0.1) is 0 Å². The number of carbonyl (C=O) groups is 2. The van der Waals surface area contributed by atoms with Gasteiger partial charge in [0.15, 0.2) is 0 Å². The normalized spacial score (nSPS) is 14.3. The van der Waals surface area contributed by atoms with Gasteiger partial charge in [-0.05, 0) is 47.9 Å². The van der Waals surface area contributed by atoms with Crippen molar-refractivity contribution in [1.82, 2.24) is 20.8 Å². The summed E-state index contributed by atoms with van der Waals surface area (Å²) in [7, 11) is 3.89. The fraction of sp³-hybridized carbons (Fsp3) is 0.360. The Labute approximate surface area is 200 Å². The molecule has 1 saturated heterocycles. The molecule has 1 aliphatic heterocycles. The first kappa shape index (κ1) is 25.4. The summed E-state index contributed by atoms with van der Waals surface area (Å²) < 4.78 is 5.42. The number of nitrogens with zero attached hydrogens (tertiary/aromatic N) is 3. The minimum absolute atomic E-state index is 0.0893. The molecule has 1 fully saturated rings. The number of hydrogen-bond donors (Lipinski definition) is 3. The zero-order valence-corrected chi connectivity index (χ0v) is 20.0. The Bertz CT molecular complexity index is 1000. The topological polar surface area (TPSA) is 97.4 Å². The number of ether oxygens (including phenoxy) is 1. The summed E-state index contributed by atoms with van der Waals surface area (Å²) in [6.45, 7) is 5.21. The van der Waals surface area contributed by atoms with E-state index in [9.17, 15) is 9.59 Å². The Morgan fingerprint density at radius 1 is 1.09 bits per heavy atom. The summed E-state index contributed by atoms with van der Waals surface area (Å²) in [6, 6.07) is 14.7. The second-order valence-electron chi connectivity index (χ2n) is 8.30. The highest BCUT2D eigenvalue weighted by atomic mass is 16.5. The number of nitrogens with one attached hydrogen (secondary N) is 2. The molecule has 9 heteroatoms. The van der Waals surface area contributed by atoms with Crippen molar-refractivity contribution in [3.8, 4) is 0 Å². The summed E-state index contributed by atoms with van der Waals surface area (Å²) in [5.41, 5.74) is 8.99. The number of hydrogen-bond acceptors (Lipinski definition) is 6. The van der Waals surface area contributed by atoms with E-state index in [1.54, 1.807) is 39.5 Å². The van der Waals surface area contributed by atoms with Gasteiger partial charge in [0.25, 0.3) is 5.91 Å². The van der Waals surface area contributed by atoms with Crippen LogP contribution in [0.3, 0.4) is 0 Å². The van der Waals surface area contributed by atoms with E-state index in [0.29, 0.717) is 45.0 Å². The molecular formula is C25H33N5O4. The molecule has 3 N–H and O–H groups in total. The van der Waals surface area contributed by atoms with Crippen molar-refractivity contribution in [1.29, 1.82) is 0 Å². The maximum absolute atomic E-state index is 13.5. The predicted octanol–water partition coefficient (Wildman–Crippen LogP) is 2.73. The van der Waals surface area contributed by atoms with Crippen molar-refractivity contribution in [3.63, 3.8) is 0 Å². The summed E-state index contributed by atoms with van der Waals surface area (Å²) >= 11 is 0. The highest BCUT2D eigenvalue weighted by Crippen LogP contribution is 2.25. The highest BCUT2D eigenvalue weighted by molar-refractivity contribution is 5.94. The summed E-state index contributed by atoms with van der Waals surface area (Å²) in [6.07, 6.45) is 2.11. The lowest BCUT2D eigenvalue weighted by atomic mass is 10.1. The van der Waals surface area contributed by atoms with Crippen molar-refractivity contribution < 1.29 is 19.5 Å². The SMILES string of the molecule is C/C(=C\CNN(C)C)c1cccc(N(Cc2ccc(C(=O)NO)cc2)C(=O)N2CCOCC2)c1. The molecule has 182 valence electrons. The molecule has 0 saturated carbocycles. The number of morpholine rings is 1. The third-order valence-corrected chi connectivity index (χ3v) is 5.60. The standard InChI is InChI=1S/C25H33N5O4/c1-19(11-12-26-28(2)3)22-5-4-6-23(17-22)30(25(32)29-13-15-34-16-14-29)18-20-7-9-21(10-8-20)24(31)27-33/h4-11,17,26,33H,12-16,18H2,1-3H3,(H,27,31)/b19-11+. The predicted molar refractivity (Wildman–Crippen MR) is 131 cm³/mol. The van der Waals surface area contributed by atoms with Gasteiger partial charge in [-0.2, -0.15) is 0 Å². The van der Waals surface area contributed by atoms with Gasteiger partial charge in [0, 0.05) is 45.0 Å². The molecule has 0 radical (unpaired) electrons. The quantitative estimate of drug-likeness (QED) is 0.408. The van der Waals surface area contributed by atoms with Gasteiger partial charge in [0.2, 0.25) is 0 Å². The fourth-order valence-electron chi connectivity index (χ4n) is 3.62. The summed E-state index contributed by atoms with van der Waals surface area (Å²) in [5.74, 6) is -0.577. The van der Waals surface area contributed by atoms with Crippen LogP contribution in [-0.2, 0) is 11.3 Å². The monoisotopic (exact) mass is 467 g/mol. The number of amides is 3. The number of hydroxylamine groups is 1. The van der Waals surface area contributed by atoms with Gasteiger partial charge >= 0.3 is 6.03 Å². The Hall–Kier alpha value is -3.24. The minimum Gasteiger partial charge on any atom is -0.378 e. The lowest BCUT2D eigenvalue weighted by Gasteiger charge is -2.33. The van der Waals surface area contributed by atoms with Crippen molar-refractivity contribution in [2.24, 2.45) is 0 Å². The second-order valence-corrected chi connectivity index (χ2v) is 8.30. The number of urea groups is 1. The molecule has 3 rings (SSSR count). The molecular weight excluding hydrogens is 434 g/mol. The van der Waals surface area contributed by atoms with Gasteiger partial charge in [-0.15, -0.1) is 0 Å². The maximum atomic E-state index is 13.5. The van der Waals surface area contributed by atoms with Crippen molar-refractivity contribution in [2.75, 3.05) is 51.8 Å². The van der Waals surface area contributed by atoms with Crippen LogP contribution in [-0.4, -0.2) is 74.0 Å². The third-order valence-electron chi connectivity index (χ3n) is 5.60.